The number of phenolic OH excluding ortho intramolecular Hbond substituents is 15. The summed E-state index contributed by atoms with van der Waals surface area (Å²) < 4.78 is 0. The normalized spacial score (nSPS) is 15.4. The number of allylic oxidation sites excluding steroid dienone is 7. The second-order valence-corrected chi connectivity index (χ2v) is 20.6. The van der Waals surface area contributed by atoms with Crippen LogP contribution in [0.25, 0.3) is 49.0 Å². The van der Waals surface area contributed by atoms with Crippen LogP contribution in [0.2, 0.25) is 0 Å². The lowest BCUT2D eigenvalue weighted by molar-refractivity contribution is 0.149. The number of hydrogen-bond donors (Lipinski definition) is 29. The van der Waals surface area contributed by atoms with Gasteiger partial charge in [0.1, 0.15) is 11.4 Å². The van der Waals surface area contributed by atoms with Crippen LogP contribution < -0.4 is 9.80 Å². The summed E-state index contributed by atoms with van der Waals surface area (Å²) in [6.45, 7) is 0.686. The fraction of sp³-hybridized carbons (Fsp3) is 0.0625. The van der Waals surface area contributed by atoms with Gasteiger partial charge in [-0.3, -0.25) is 4.90 Å². The highest BCUT2D eigenvalue weighted by molar-refractivity contribution is 6.28. The van der Waals surface area contributed by atoms with Gasteiger partial charge in [-0.2, -0.15) is 0 Å². The standard InChI is InChI=1S/C64H50N2O29/c1-4-28(26(19(3)40(70)51(81)63(93)64(94)95)15-23(17-67)37-45(75)54(84)61(91)55(85)46(37)76)65(32(18-68)41(71)42(72)33(69)5-2)29-12-8-20-7-11-25-30(13-9-21-6-10-24(29)34(20)35(21)25)66(39-49(79)58(88)59(89)50(39)80)31-16-22(36-43(73)52(82)60(90)53(83)44(36)74)14-27(31)38-47(77)56(86)62(92)57(87)48(38)78/h1-2,6-15,49,67-95H,3,16-18H2/b23-15+,28-26-,41-32-,42-33-,51-40-. The van der Waals surface area contributed by atoms with E-state index in [1.807, 2.05) is 0 Å². The number of aliphatic hydroxyl groups is 14. The third kappa shape index (κ3) is 9.91. The van der Waals surface area contributed by atoms with Crippen molar-refractivity contribution in [2.45, 2.75) is 12.5 Å². The van der Waals surface area contributed by atoms with Crippen molar-refractivity contribution in [3.05, 3.63) is 176 Å². The average molecular weight is 1310 g/mol. The quantitative estimate of drug-likeness (QED) is 0.0111. The van der Waals surface area contributed by atoms with Crippen molar-refractivity contribution in [2.75, 3.05) is 23.0 Å². The average Bonchev–Trinajstić information content (AvgIpc) is 1.70. The second-order valence-electron chi connectivity index (χ2n) is 20.6. The highest BCUT2D eigenvalue weighted by atomic mass is 16.5. The first-order valence-electron chi connectivity index (χ1n) is 26.5. The zero-order valence-corrected chi connectivity index (χ0v) is 47.7. The molecule has 29 N–H and O–H groups in total. The number of terminal acetylenes is 2. The van der Waals surface area contributed by atoms with Crippen molar-refractivity contribution in [2.24, 2.45) is 0 Å². The summed E-state index contributed by atoms with van der Waals surface area (Å²) in [7, 11) is 0. The zero-order valence-electron chi connectivity index (χ0n) is 47.7. The maximum atomic E-state index is 11.9. The molecule has 0 fully saturated rings. The van der Waals surface area contributed by atoms with Gasteiger partial charge in [0.25, 0.3) is 0 Å². The minimum atomic E-state index is -2.49. The Morgan fingerprint density at radius 1 is 0.505 bits per heavy atom. The predicted molar refractivity (Wildman–Crippen MR) is 332 cm³/mol. The third-order valence-corrected chi connectivity index (χ3v) is 15.5. The maximum Gasteiger partial charge on any atom is 0.322 e. The molecular formula is C64H50N2O29. The molecule has 1 unspecified atom stereocenters. The first kappa shape index (κ1) is 65.6. The van der Waals surface area contributed by atoms with Gasteiger partial charge in [0.2, 0.25) is 80.5 Å². The summed E-state index contributed by atoms with van der Waals surface area (Å²) >= 11 is 0. The molecule has 0 amide bonds. The predicted octanol–water partition coefficient (Wildman–Crippen LogP) is 7.56. The van der Waals surface area contributed by atoms with Gasteiger partial charge in [-0.15, -0.1) is 12.8 Å². The van der Waals surface area contributed by atoms with E-state index in [0.717, 1.165) is 11.0 Å². The minimum Gasteiger partial charge on any atom is -0.506 e. The number of phenols is 15. The Bertz CT molecular complexity index is 4930. The van der Waals surface area contributed by atoms with E-state index < -0.39 is 243 Å². The van der Waals surface area contributed by atoms with Crippen LogP contribution in [-0.2, 0) is 0 Å². The summed E-state index contributed by atoms with van der Waals surface area (Å²) in [4.78, 5) is 1.48. The molecule has 0 aliphatic heterocycles. The van der Waals surface area contributed by atoms with Crippen molar-refractivity contribution in [3.63, 3.8) is 0 Å². The van der Waals surface area contributed by atoms with Crippen LogP contribution in [0.1, 0.15) is 23.1 Å². The molecule has 0 spiro atoms. The topological polar surface area (TPSA) is 593 Å². The monoisotopic (exact) mass is 1310 g/mol. The van der Waals surface area contributed by atoms with E-state index in [0.29, 0.717) is 11.0 Å². The molecule has 7 aromatic rings. The van der Waals surface area contributed by atoms with E-state index in [2.05, 4.69) is 12.5 Å². The highest BCUT2D eigenvalue weighted by Gasteiger charge is 2.43. The van der Waals surface area contributed by atoms with E-state index in [-0.39, 0.29) is 38.0 Å². The Morgan fingerprint density at radius 3 is 1.40 bits per heavy atom. The second kappa shape index (κ2) is 23.8. The highest BCUT2D eigenvalue weighted by Crippen LogP contribution is 2.61. The summed E-state index contributed by atoms with van der Waals surface area (Å²) in [6.07, 6.45) is 9.64. The molecule has 2 aliphatic carbocycles. The number of benzene rings is 7. The number of rotatable bonds is 16. The Labute approximate surface area is 529 Å². The molecule has 9 rings (SSSR count). The molecule has 7 aromatic carbocycles. The molecule has 0 heterocycles. The van der Waals surface area contributed by atoms with Gasteiger partial charge in [-0.25, -0.2) is 0 Å². The maximum absolute atomic E-state index is 11.9. The van der Waals surface area contributed by atoms with E-state index in [1.165, 1.54) is 48.5 Å². The van der Waals surface area contributed by atoms with Gasteiger partial charge < -0.3 is 153 Å². The van der Waals surface area contributed by atoms with Crippen molar-refractivity contribution in [3.8, 4) is 111 Å². The minimum absolute atomic E-state index is 0.0244. The Balaban J connectivity index is 1.46. The van der Waals surface area contributed by atoms with Crippen LogP contribution >= 0.6 is 0 Å². The Hall–Kier alpha value is -13.9. The first-order valence-corrected chi connectivity index (χ1v) is 26.5. The lowest BCUT2D eigenvalue weighted by Crippen LogP contribution is -2.30. The molecule has 0 aromatic heterocycles. The van der Waals surface area contributed by atoms with Gasteiger partial charge in [0.05, 0.1) is 47.0 Å². The SMILES string of the molecule is C#C/C(O)=C(O)\C(O)=C(/CO)N(/C(C#C)=C(/C=C(\CO)c1c(O)c(O)c(O)c(O)c1O)C(=C)/C(O)=C(/O)C(O)=C(O)O)c1ccc2ccc3c(N(C4=C(c5c(O)c(O)c(O)c(O)c5O)C=C(c5c(O)c(O)c(O)c(O)c5O)C4)C4=C(O)C(O)=C(O)C4O)ccc4ccc1c2c43. The smallest absolute Gasteiger partial charge is 0.322 e. The van der Waals surface area contributed by atoms with Crippen LogP contribution in [0, 0.1) is 24.7 Å². The zero-order chi connectivity index (χ0) is 70.3. The molecule has 2 aliphatic rings. The van der Waals surface area contributed by atoms with Gasteiger partial charge in [0, 0.05) is 39.6 Å². The van der Waals surface area contributed by atoms with Gasteiger partial charge in [0.15, 0.2) is 63.6 Å². The number of aliphatic hydroxyl groups excluding tert-OH is 13. The fourth-order valence-corrected chi connectivity index (χ4v) is 10.9. The molecule has 0 saturated heterocycles. The Morgan fingerprint density at radius 2 is 0.958 bits per heavy atom. The molecule has 31 nitrogen and oxygen atoms in total. The van der Waals surface area contributed by atoms with E-state index >= 15 is 0 Å². The summed E-state index contributed by atoms with van der Waals surface area (Å²) in [6, 6.07) is 10.6. The van der Waals surface area contributed by atoms with Gasteiger partial charge in [-0.1, -0.05) is 48.9 Å². The lowest BCUT2D eigenvalue weighted by atomic mass is 9.90. The summed E-state index contributed by atoms with van der Waals surface area (Å²) in [5.41, 5.74) is -11.5. The van der Waals surface area contributed by atoms with Crippen LogP contribution in [0.4, 0.5) is 11.4 Å². The number of hydrogen-bond acceptors (Lipinski definition) is 31. The molecule has 1 atom stereocenters. The van der Waals surface area contributed by atoms with E-state index in [9.17, 15) is 148 Å². The van der Waals surface area contributed by atoms with Crippen molar-refractivity contribution in [1.29, 1.82) is 0 Å². The molecular weight excluding hydrogens is 1260 g/mol. The molecule has 31 heteroatoms. The molecule has 0 bridgehead atoms. The van der Waals surface area contributed by atoms with Crippen molar-refractivity contribution in [1.82, 2.24) is 0 Å². The molecule has 490 valence electrons. The van der Waals surface area contributed by atoms with Gasteiger partial charge >= 0.3 is 5.95 Å². The van der Waals surface area contributed by atoms with Crippen LogP contribution in [0.15, 0.2) is 159 Å². The largest absolute Gasteiger partial charge is 0.506 e. The molecule has 95 heavy (non-hydrogen) atoms. The van der Waals surface area contributed by atoms with Gasteiger partial charge in [-0.05, 0) is 62.9 Å². The lowest BCUT2D eigenvalue weighted by Gasteiger charge is -2.33. The molecule has 0 saturated carbocycles. The van der Waals surface area contributed by atoms with Crippen LogP contribution in [-0.4, -0.2) is 167 Å². The van der Waals surface area contributed by atoms with Crippen molar-refractivity contribution < 1.29 is 148 Å². The number of nitrogens with zero attached hydrogens (tertiary/aromatic N) is 2. The van der Waals surface area contributed by atoms with Crippen molar-refractivity contribution >= 4 is 60.4 Å². The van der Waals surface area contributed by atoms with E-state index in [4.69, 9.17) is 12.8 Å². The number of aromatic hydroxyl groups is 15. The fourth-order valence-electron chi connectivity index (χ4n) is 10.9. The van der Waals surface area contributed by atoms with Crippen LogP contribution in [0.5, 0.6) is 86.2 Å². The van der Waals surface area contributed by atoms with E-state index in [1.54, 1.807) is 5.92 Å². The number of anilines is 2. The Kier molecular flexibility index (Phi) is 16.4. The van der Waals surface area contributed by atoms with Crippen LogP contribution in [0.3, 0.4) is 0 Å². The summed E-state index contributed by atoms with van der Waals surface area (Å²) in [5.74, 6) is -33.8. The first-order chi connectivity index (χ1) is 44.7. The summed E-state index contributed by atoms with van der Waals surface area (Å²) in [5, 5.41) is 318. The molecule has 0 radical (unpaired) electrons. The third-order valence-electron chi connectivity index (χ3n) is 15.5.